The third-order valence-electron chi connectivity index (χ3n) is 4.76. The van der Waals surface area contributed by atoms with Crippen molar-refractivity contribution < 1.29 is 23.5 Å². The molecule has 0 aliphatic rings. The van der Waals surface area contributed by atoms with Gasteiger partial charge in [0.25, 0.3) is 5.91 Å². The molecule has 0 fully saturated rings. The molecule has 2 aromatic heterocycles. The average Bonchev–Trinajstić information content (AvgIpc) is 3.21. The first-order valence-corrected chi connectivity index (χ1v) is 10.9. The number of carbonyl (C=O) groups is 2. The van der Waals surface area contributed by atoms with Crippen molar-refractivity contribution in [3.05, 3.63) is 90.1 Å². The average molecular weight is 477 g/mol. The van der Waals surface area contributed by atoms with Crippen LogP contribution >= 0.6 is 0 Å². The van der Waals surface area contributed by atoms with E-state index in [0.717, 1.165) is 17.4 Å². The Hall–Kier alpha value is -4.40. The summed E-state index contributed by atoms with van der Waals surface area (Å²) in [5.41, 5.74) is 1.43. The number of anilines is 2. The van der Waals surface area contributed by atoms with Crippen LogP contribution in [0, 0.1) is 5.82 Å². The number of nitrogens with zero attached hydrogens (tertiary/aromatic N) is 2. The van der Waals surface area contributed by atoms with E-state index in [1.807, 2.05) is 35.0 Å². The largest absolute Gasteiger partial charge is 0.487 e. The Labute approximate surface area is 201 Å². The van der Waals surface area contributed by atoms with Crippen molar-refractivity contribution in [1.29, 1.82) is 0 Å². The van der Waals surface area contributed by atoms with E-state index in [1.165, 1.54) is 12.1 Å². The van der Waals surface area contributed by atoms with Gasteiger partial charge < -0.3 is 19.2 Å². The summed E-state index contributed by atoms with van der Waals surface area (Å²) in [5, 5.41) is 5.17. The fraction of sp³-hybridized carbons (Fsp3) is 0.192. The number of nitrogens with one attached hydrogen (secondary N) is 2. The number of halogens is 1. The maximum Gasteiger partial charge on any atom is 0.412 e. The van der Waals surface area contributed by atoms with Gasteiger partial charge in [-0.3, -0.25) is 10.1 Å². The molecule has 2 N–H and O–H groups in total. The molecule has 0 bridgehead atoms. The fourth-order valence-corrected chi connectivity index (χ4v) is 3.28. The van der Waals surface area contributed by atoms with E-state index in [2.05, 4.69) is 15.6 Å². The number of amides is 2. The summed E-state index contributed by atoms with van der Waals surface area (Å²) >= 11 is 0. The Morgan fingerprint density at radius 2 is 1.83 bits per heavy atom. The predicted octanol–water partition coefficient (Wildman–Crippen LogP) is 5.65. The van der Waals surface area contributed by atoms with Crippen molar-refractivity contribution in [3.63, 3.8) is 0 Å². The second-order valence-electron chi connectivity index (χ2n) is 8.79. The van der Waals surface area contributed by atoms with Crippen LogP contribution in [0.1, 0.15) is 36.8 Å². The molecule has 0 aliphatic heterocycles. The van der Waals surface area contributed by atoms with Crippen LogP contribution in [0.3, 0.4) is 0 Å². The maximum atomic E-state index is 13.9. The van der Waals surface area contributed by atoms with Crippen molar-refractivity contribution in [2.75, 3.05) is 10.6 Å². The first kappa shape index (κ1) is 23.7. The van der Waals surface area contributed by atoms with E-state index >= 15 is 0 Å². The molecule has 9 heteroatoms. The Bertz CT molecular complexity index is 1340. The lowest BCUT2D eigenvalue weighted by molar-refractivity contribution is 0.0635. The zero-order valence-electron chi connectivity index (χ0n) is 19.5. The summed E-state index contributed by atoms with van der Waals surface area (Å²) in [7, 11) is 0. The highest BCUT2D eigenvalue weighted by Crippen LogP contribution is 2.25. The molecule has 0 aliphatic carbocycles. The lowest BCUT2D eigenvalue weighted by Crippen LogP contribution is -2.27. The van der Waals surface area contributed by atoms with Crippen LogP contribution in [0.5, 0.6) is 5.75 Å². The molecule has 0 unspecified atom stereocenters. The number of benzene rings is 2. The molecule has 2 aromatic carbocycles. The number of rotatable bonds is 6. The first-order valence-electron chi connectivity index (χ1n) is 10.9. The van der Waals surface area contributed by atoms with Crippen LogP contribution in [0.15, 0.2) is 73.1 Å². The molecule has 0 saturated carbocycles. The molecular formula is C26H25FN4O4. The number of ether oxygens (including phenoxy) is 2. The topological polar surface area (TPSA) is 94.0 Å². The Balaban J connectivity index is 1.45. The van der Waals surface area contributed by atoms with E-state index in [9.17, 15) is 14.0 Å². The van der Waals surface area contributed by atoms with E-state index < -0.39 is 23.4 Å². The van der Waals surface area contributed by atoms with Crippen LogP contribution in [-0.4, -0.2) is 27.0 Å². The third kappa shape index (κ3) is 6.35. The van der Waals surface area contributed by atoms with Gasteiger partial charge in [-0.25, -0.2) is 14.2 Å². The van der Waals surface area contributed by atoms with Crippen LogP contribution in [0.4, 0.5) is 20.6 Å². The maximum absolute atomic E-state index is 13.9. The van der Waals surface area contributed by atoms with Crippen molar-refractivity contribution >= 4 is 29.0 Å². The molecular weight excluding hydrogens is 451 g/mol. The van der Waals surface area contributed by atoms with Gasteiger partial charge >= 0.3 is 6.09 Å². The first-order chi connectivity index (χ1) is 16.7. The quantitative estimate of drug-likeness (QED) is 0.375. The molecule has 0 atom stereocenters. The minimum Gasteiger partial charge on any atom is -0.487 e. The lowest BCUT2D eigenvalue weighted by Gasteiger charge is -2.20. The summed E-state index contributed by atoms with van der Waals surface area (Å²) in [6, 6.07) is 15.9. The summed E-state index contributed by atoms with van der Waals surface area (Å²) in [6.07, 6.45) is 3.05. The number of pyridine rings is 1. The van der Waals surface area contributed by atoms with E-state index in [4.69, 9.17) is 9.47 Å². The summed E-state index contributed by atoms with van der Waals surface area (Å²) < 4.78 is 26.8. The molecule has 2 amide bonds. The van der Waals surface area contributed by atoms with Gasteiger partial charge in [0.15, 0.2) is 0 Å². The third-order valence-corrected chi connectivity index (χ3v) is 4.76. The van der Waals surface area contributed by atoms with Gasteiger partial charge in [-0.05, 0) is 69.3 Å². The SMILES string of the molecule is CC(C)(C)OC(=O)Nc1ccc(F)cc1NC(=O)c1cccc(OCc2cn3ccccc3n2)c1. The zero-order valence-corrected chi connectivity index (χ0v) is 19.5. The van der Waals surface area contributed by atoms with Crippen LogP contribution in [-0.2, 0) is 11.3 Å². The van der Waals surface area contributed by atoms with E-state index in [-0.39, 0.29) is 18.0 Å². The van der Waals surface area contributed by atoms with E-state index in [1.54, 1.807) is 45.0 Å². The van der Waals surface area contributed by atoms with Crippen LogP contribution in [0.25, 0.3) is 5.65 Å². The van der Waals surface area contributed by atoms with Gasteiger partial charge in [0.1, 0.15) is 29.4 Å². The van der Waals surface area contributed by atoms with Gasteiger partial charge in [0.05, 0.1) is 17.1 Å². The summed E-state index contributed by atoms with van der Waals surface area (Å²) in [5.74, 6) is -0.596. The van der Waals surface area contributed by atoms with E-state index in [0.29, 0.717) is 11.3 Å². The van der Waals surface area contributed by atoms with Gasteiger partial charge in [0.2, 0.25) is 0 Å². The fourth-order valence-electron chi connectivity index (χ4n) is 3.28. The van der Waals surface area contributed by atoms with Gasteiger partial charge in [-0.2, -0.15) is 0 Å². The smallest absolute Gasteiger partial charge is 0.412 e. The number of carbonyl (C=O) groups excluding carboxylic acids is 2. The number of imidazole rings is 1. The van der Waals surface area contributed by atoms with Crippen molar-refractivity contribution in [2.45, 2.75) is 33.0 Å². The Morgan fingerprint density at radius 3 is 2.60 bits per heavy atom. The summed E-state index contributed by atoms with van der Waals surface area (Å²) in [4.78, 5) is 29.5. The molecule has 180 valence electrons. The second kappa shape index (κ2) is 9.84. The van der Waals surface area contributed by atoms with Gasteiger partial charge in [-0.1, -0.05) is 12.1 Å². The molecule has 8 nitrogen and oxygen atoms in total. The molecule has 4 rings (SSSR count). The van der Waals surface area contributed by atoms with Gasteiger partial charge in [0, 0.05) is 18.0 Å². The molecule has 4 aromatic rings. The standard InChI is InChI=1S/C26H25FN4O4/c1-26(2,3)35-25(33)30-21-11-10-18(27)14-22(21)29-24(32)17-7-6-8-20(13-17)34-16-19-15-31-12-5-4-9-23(31)28-19/h4-15H,16H2,1-3H3,(H,29,32)(H,30,33). The Morgan fingerprint density at radius 1 is 1.00 bits per heavy atom. The molecule has 0 spiro atoms. The van der Waals surface area contributed by atoms with Crippen LogP contribution in [0.2, 0.25) is 0 Å². The summed E-state index contributed by atoms with van der Waals surface area (Å²) in [6.45, 7) is 5.40. The highest BCUT2D eigenvalue weighted by Gasteiger charge is 2.18. The molecule has 0 saturated heterocycles. The van der Waals surface area contributed by atoms with Crippen molar-refractivity contribution in [1.82, 2.24) is 9.38 Å². The number of aromatic nitrogens is 2. The highest BCUT2D eigenvalue weighted by molar-refractivity contribution is 6.07. The minimum atomic E-state index is -0.720. The number of fused-ring (bicyclic) bond motifs is 1. The predicted molar refractivity (Wildman–Crippen MR) is 130 cm³/mol. The van der Waals surface area contributed by atoms with Gasteiger partial charge in [-0.15, -0.1) is 0 Å². The lowest BCUT2D eigenvalue weighted by atomic mass is 10.2. The Kier molecular flexibility index (Phi) is 6.68. The van der Waals surface area contributed by atoms with Crippen LogP contribution < -0.4 is 15.4 Å². The molecule has 35 heavy (non-hydrogen) atoms. The van der Waals surface area contributed by atoms with Crippen molar-refractivity contribution in [3.8, 4) is 5.75 Å². The normalized spacial score (nSPS) is 11.2. The molecule has 0 radical (unpaired) electrons. The minimum absolute atomic E-state index is 0.0943. The van der Waals surface area contributed by atoms with Crippen molar-refractivity contribution in [2.24, 2.45) is 0 Å². The monoisotopic (exact) mass is 476 g/mol. The molecule has 2 heterocycles. The number of hydrogen-bond acceptors (Lipinski definition) is 5. The second-order valence-corrected chi connectivity index (χ2v) is 8.79. The zero-order chi connectivity index (χ0) is 25.0. The number of hydrogen-bond donors (Lipinski definition) is 2. The highest BCUT2D eigenvalue weighted by atomic mass is 19.1.